The Kier molecular flexibility index (Phi) is 4.04. The molecule has 19 heavy (non-hydrogen) atoms. The van der Waals surface area contributed by atoms with Gasteiger partial charge in [0.2, 0.25) is 0 Å². The van der Waals surface area contributed by atoms with E-state index >= 15 is 0 Å². The van der Waals surface area contributed by atoms with E-state index < -0.39 is 0 Å². The van der Waals surface area contributed by atoms with Crippen molar-refractivity contribution in [3.05, 3.63) is 29.8 Å². The van der Waals surface area contributed by atoms with Crippen molar-refractivity contribution in [2.45, 2.75) is 19.9 Å². The van der Waals surface area contributed by atoms with Crippen LogP contribution in [-0.2, 0) is 4.79 Å². The summed E-state index contributed by atoms with van der Waals surface area (Å²) in [4.78, 5) is 24.3. The zero-order valence-corrected chi connectivity index (χ0v) is 11.2. The number of rotatable bonds is 5. The molecule has 2 rings (SSSR count). The lowest BCUT2D eigenvalue weighted by Gasteiger charge is -2.13. The highest BCUT2D eigenvalue weighted by atomic mass is 16.5. The number of nitrogens with zero attached hydrogens (tertiary/aromatic N) is 1. The van der Waals surface area contributed by atoms with Gasteiger partial charge in [-0.05, 0) is 31.5 Å². The van der Waals surface area contributed by atoms with Crippen molar-refractivity contribution < 1.29 is 14.3 Å². The van der Waals surface area contributed by atoms with Crippen molar-refractivity contribution in [3.8, 4) is 5.75 Å². The Bertz CT molecular complexity index is 470. The van der Waals surface area contributed by atoms with Gasteiger partial charge in [-0.1, -0.05) is 12.1 Å². The Morgan fingerprint density at radius 3 is 2.68 bits per heavy atom. The lowest BCUT2D eigenvalue weighted by Crippen LogP contribution is -2.32. The molecule has 2 amide bonds. The summed E-state index contributed by atoms with van der Waals surface area (Å²) in [6.07, 6.45) is 0. The summed E-state index contributed by atoms with van der Waals surface area (Å²) >= 11 is 0. The molecular weight excluding hydrogens is 244 g/mol. The third-order valence-corrected chi connectivity index (χ3v) is 2.99. The van der Waals surface area contributed by atoms with Crippen molar-refractivity contribution in [2.75, 3.05) is 19.7 Å². The average molecular weight is 262 g/mol. The fourth-order valence-electron chi connectivity index (χ4n) is 2.15. The first kappa shape index (κ1) is 13.4. The summed E-state index contributed by atoms with van der Waals surface area (Å²) in [6, 6.07) is 7.40. The van der Waals surface area contributed by atoms with Crippen LogP contribution in [0.3, 0.4) is 0 Å². The zero-order chi connectivity index (χ0) is 13.8. The summed E-state index contributed by atoms with van der Waals surface area (Å²) in [5.74, 6) is 0.804. The predicted octanol–water partition coefficient (Wildman–Crippen LogP) is 1.74. The zero-order valence-electron chi connectivity index (χ0n) is 11.2. The van der Waals surface area contributed by atoms with Gasteiger partial charge in [0.25, 0.3) is 0 Å². The molecule has 0 aromatic heterocycles. The van der Waals surface area contributed by atoms with Gasteiger partial charge in [-0.2, -0.15) is 0 Å². The molecular formula is C14H18N2O3. The van der Waals surface area contributed by atoms with Crippen LogP contribution in [0.1, 0.15) is 25.5 Å². The number of hydrogen-bond acceptors (Lipinski definition) is 3. The molecule has 1 fully saturated rings. The van der Waals surface area contributed by atoms with Gasteiger partial charge >= 0.3 is 6.03 Å². The van der Waals surface area contributed by atoms with E-state index in [-0.39, 0.29) is 24.4 Å². The van der Waals surface area contributed by atoms with E-state index in [2.05, 4.69) is 5.32 Å². The molecule has 1 N–H and O–H groups in total. The maximum atomic E-state index is 11.7. The smallest absolute Gasteiger partial charge is 0.318 e. The third kappa shape index (κ3) is 3.24. The maximum absolute atomic E-state index is 11.7. The van der Waals surface area contributed by atoms with Crippen LogP contribution in [0.5, 0.6) is 5.75 Å². The second-order valence-electron chi connectivity index (χ2n) is 4.59. The molecule has 1 unspecified atom stereocenters. The highest BCUT2D eigenvalue weighted by Crippen LogP contribution is 2.22. The molecule has 1 heterocycles. The fourth-order valence-corrected chi connectivity index (χ4v) is 2.15. The van der Waals surface area contributed by atoms with Gasteiger partial charge in [0.05, 0.1) is 19.2 Å². The number of carbonyl (C=O) groups excluding carboxylic acids is 2. The van der Waals surface area contributed by atoms with E-state index in [1.165, 1.54) is 11.8 Å². The third-order valence-electron chi connectivity index (χ3n) is 2.99. The first-order chi connectivity index (χ1) is 9.10. The number of ether oxygens (including phenoxy) is 1. The summed E-state index contributed by atoms with van der Waals surface area (Å²) in [7, 11) is 0. The summed E-state index contributed by atoms with van der Waals surface area (Å²) in [5.41, 5.74) is 1.02. The number of urea groups is 1. The minimum Gasteiger partial charge on any atom is -0.494 e. The SMILES string of the molecule is CCOc1ccc(C2CN(CC(C)=O)C(=O)N2)cc1. The summed E-state index contributed by atoms with van der Waals surface area (Å²) in [6.45, 7) is 4.74. The molecule has 0 bridgehead atoms. The van der Waals surface area contributed by atoms with Gasteiger partial charge in [-0.25, -0.2) is 4.79 Å². The second-order valence-corrected chi connectivity index (χ2v) is 4.59. The Labute approximate surface area is 112 Å². The van der Waals surface area contributed by atoms with Crippen LogP contribution in [0.15, 0.2) is 24.3 Å². The Morgan fingerprint density at radius 2 is 2.11 bits per heavy atom. The first-order valence-corrected chi connectivity index (χ1v) is 6.37. The van der Waals surface area contributed by atoms with Crippen molar-refractivity contribution >= 4 is 11.8 Å². The molecule has 1 atom stereocenters. The summed E-state index contributed by atoms with van der Waals surface area (Å²) < 4.78 is 5.38. The fraction of sp³-hybridized carbons (Fsp3) is 0.429. The first-order valence-electron chi connectivity index (χ1n) is 6.37. The number of amides is 2. The maximum Gasteiger partial charge on any atom is 0.318 e. The average Bonchev–Trinajstić information content (AvgIpc) is 2.71. The molecule has 1 aromatic rings. The van der Waals surface area contributed by atoms with Crippen LogP contribution in [0.4, 0.5) is 4.79 Å². The van der Waals surface area contributed by atoms with Crippen LogP contribution in [0, 0.1) is 0 Å². The Morgan fingerprint density at radius 1 is 1.42 bits per heavy atom. The van der Waals surface area contributed by atoms with E-state index in [1.807, 2.05) is 31.2 Å². The lowest BCUT2D eigenvalue weighted by molar-refractivity contribution is -0.117. The molecule has 0 aliphatic carbocycles. The van der Waals surface area contributed by atoms with E-state index in [9.17, 15) is 9.59 Å². The van der Waals surface area contributed by atoms with Crippen LogP contribution in [0.2, 0.25) is 0 Å². The normalized spacial score (nSPS) is 18.3. The quantitative estimate of drug-likeness (QED) is 0.879. The number of carbonyl (C=O) groups is 2. The standard InChI is InChI=1S/C14H18N2O3/c1-3-19-12-6-4-11(5-7-12)13-9-16(8-10(2)17)14(18)15-13/h4-7,13H,3,8-9H2,1-2H3,(H,15,18). The number of nitrogens with one attached hydrogen (secondary N) is 1. The number of ketones is 1. The second kappa shape index (κ2) is 5.73. The van der Waals surface area contributed by atoms with Gasteiger partial charge < -0.3 is 15.0 Å². The monoisotopic (exact) mass is 262 g/mol. The van der Waals surface area contributed by atoms with Crippen molar-refractivity contribution in [1.82, 2.24) is 10.2 Å². The minimum atomic E-state index is -0.186. The topological polar surface area (TPSA) is 58.6 Å². The van der Waals surface area contributed by atoms with E-state index in [0.29, 0.717) is 13.2 Å². The number of benzene rings is 1. The molecule has 102 valence electrons. The molecule has 1 aliphatic heterocycles. The van der Waals surface area contributed by atoms with Crippen LogP contribution >= 0.6 is 0 Å². The van der Waals surface area contributed by atoms with Crippen molar-refractivity contribution in [1.29, 1.82) is 0 Å². The molecule has 0 spiro atoms. The minimum absolute atomic E-state index is 0.0116. The van der Waals surface area contributed by atoms with Crippen LogP contribution in [0.25, 0.3) is 0 Å². The van der Waals surface area contributed by atoms with Crippen LogP contribution in [-0.4, -0.2) is 36.4 Å². The van der Waals surface area contributed by atoms with E-state index in [1.54, 1.807) is 0 Å². The van der Waals surface area contributed by atoms with Gasteiger partial charge in [0.1, 0.15) is 11.5 Å². The Hall–Kier alpha value is -2.04. The molecule has 1 saturated heterocycles. The molecule has 5 nitrogen and oxygen atoms in total. The highest BCUT2D eigenvalue weighted by Gasteiger charge is 2.30. The molecule has 1 aliphatic rings. The van der Waals surface area contributed by atoms with E-state index in [4.69, 9.17) is 4.74 Å². The number of Topliss-reactive ketones (excluding diaryl/α,β-unsaturated/α-hetero) is 1. The molecule has 1 aromatic carbocycles. The molecule has 5 heteroatoms. The predicted molar refractivity (Wildman–Crippen MR) is 71.1 cm³/mol. The van der Waals surface area contributed by atoms with Crippen molar-refractivity contribution in [2.24, 2.45) is 0 Å². The molecule has 0 radical (unpaired) electrons. The largest absolute Gasteiger partial charge is 0.494 e. The van der Waals surface area contributed by atoms with Crippen molar-refractivity contribution in [3.63, 3.8) is 0 Å². The van der Waals surface area contributed by atoms with Gasteiger partial charge in [0.15, 0.2) is 0 Å². The molecule has 0 saturated carbocycles. The van der Waals surface area contributed by atoms with Gasteiger partial charge in [-0.15, -0.1) is 0 Å². The highest BCUT2D eigenvalue weighted by molar-refractivity contribution is 5.85. The van der Waals surface area contributed by atoms with Gasteiger partial charge in [-0.3, -0.25) is 4.79 Å². The van der Waals surface area contributed by atoms with Gasteiger partial charge in [0, 0.05) is 6.54 Å². The Balaban J connectivity index is 2.03. The summed E-state index contributed by atoms with van der Waals surface area (Å²) in [5, 5.41) is 2.87. The van der Waals surface area contributed by atoms with Crippen LogP contribution < -0.4 is 10.1 Å². The van der Waals surface area contributed by atoms with E-state index in [0.717, 1.165) is 11.3 Å². The number of hydrogen-bond donors (Lipinski definition) is 1. The lowest BCUT2D eigenvalue weighted by atomic mass is 10.1.